The Morgan fingerprint density at radius 2 is 1.81 bits per heavy atom. The number of fused-ring (bicyclic) bond motifs is 6. The van der Waals surface area contributed by atoms with E-state index in [4.69, 9.17) is 4.74 Å². The molecule has 47 heavy (non-hydrogen) atoms. The van der Waals surface area contributed by atoms with Crippen LogP contribution in [0.4, 0.5) is 0 Å². The molecule has 1 aromatic carbocycles. The molecule has 1 amide bonds. The minimum atomic E-state index is -1.62. The molecule has 0 bridgehead atoms. The van der Waals surface area contributed by atoms with Crippen LogP contribution in [0.25, 0.3) is 10.9 Å². The van der Waals surface area contributed by atoms with Crippen LogP contribution < -0.4 is 5.32 Å². The fraction of sp³-hybridized carbons (Fsp3) is 0.583. The lowest BCUT2D eigenvalue weighted by atomic mass is 9.46. The molecule has 0 radical (unpaired) electrons. The molecule has 6 rings (SSSR count). The predicted octanol–water partition coefficient (Wildman–Crippen LogP) is 4.14. The number of phenolic OH excluding ortho intramolecular Hbond substituents is 1. The molecule has 1 heterocycles. The van der Waals surface area contributed by atoms with Gasteiger partial charge in [-0.1, -0.05) is 19.4 Å². The van der Waals surface area contributed by atoms with Crippen LogP contribution in [-0.2, 0) is 35.1 Å². The van der Waals surface area contributed by atoms with Crippen molar-refractivity contribution in [2.24, 2.45) is 28.6 Å². The SMILES string of the molecule is C[C@]12CCC(=O)C=C1CC[C@@H]1[C@H]2CC[C@@]2(C)[C@@H]1CC[C@]2(O)C(=O)COC(=O)CCC(=O)N[C@@H](Cc1c[nH]c2ccc(O)cc12)C(=O)O. The number of aliphatic hydroxyl groups is 1. The van der Waals surface area contributed by atoms with Crippen molar-refractivity contribution in [3.8, 4) is 5.75 Å². The number of carboxylic acids is 1. The number of benzene rings is 1. The highest BCUT2D eigenvalue weighted by atomic mass is 16.5. The van der Waals surface area contributed by atoms with Crippen molar-refractivity contribution >= 4 is 40.3 Å². The van der Waals surface area contributed by atoms with E-state index in [1.807, 2.05) is 13.0 Å². The van der Waals surface area contributed by atoms with Crippen LogP contribution in [0.1, 0.15) is 83.6 Å². The number of H-pyrrole nitrogens is 1. The summed E-state index contributed by atoms with van der Waals surface area (Å²) in [5, 5.41) is 34.4. The van der Waals surface area contributed by atoms with E-state index in [2.05, 4.69) is 17.2 Å². The van der Waals surface area contributed by atoms with Crippen molar-refractivity contribution in [3.05, 3.63) is 41.6 Å². The number of rotatable bonds is 10. The lowest BCUT2D eigenvalue weighted by molar-refractivity contribution is -0.170. The van der Waals surface area contributed by atoms with Gasteiger partial charge in [0, 0.05) is 41.8 Å². The van der Waals surface area contributed by atoms with Crippen LogP contribution in [0.15, 0.2) is 36.0 Å². The van der Waals surface area contributed by atoms with Gasteiger partial charge in [-0.15, -0.1) is 0 Å². The zero-order chi connectivity index (χ0) is 33.7. The van der Waals surface area contributed by atoms with Crippen LogP contribution in [0.3, 0.4) is 0 Å². The summed E-state index contributed by atoms with van der Waals surface area (Å²) in [6.07, 6.45) is 8.55. The number of carboxylic acid groups (broad SMARTS) is 1. The molecule has 3 fully saturated rings. The summed E-state index contributed by atoms with van der Waals surface area (Å²) >= 11 is 0. The van der Waals surface area contributed by atoms with Crippen molar-refractivity contribution in [1.82, 2.24) is 10.3 Å². The lowest BCUT2D eigenvalue weighted by Crippen LogP contribution is -2.58. The molecule has 1 aromatic heterocycles. The second-order valence-electron chi connectivity index (χ2n) is 14.6. The third kappa shape index (κ3) is 5.76. The van der Waals surface area contributed by atoms with Crippen molar-refractivity contribution in [1.29, 1.82) is 0 Å². The lowest BCUT2D eigenvalue weighted by Gasteiger charge is -2.58. The highest BCUT2D eigenvalue weighted by Gasteiger charge is 2.66. The maximum absolute atomic E-state index is 13.5. The summed E-state index contributed by atoms with van der Waals surface area (Å²) in [7, 11) is 0. The number of esters is 1. The topological polar surface area (TPSA) is 183 Å². The molecular weight excluding hydrogens is 604 g/mol. The number of hydrogen-bond donors (Lipinski definition) is 5. The van der Waals surface area contributed by atoms with E-state index < -0.39 is 47.3 Å². The van der Waals surface area contributed by atoms with Gasteiger partial charge >= 0.3 is 11.9 Å². The summed E-state index contributed by atoms with van der Waals surface area (Å²) < 4.78 is 5.25. The molecule has 11 heteroatoms. The van der Waals surface area contributed by atoms with E-state index in [0.29, 0.717) is 54.0 Å². The molecule has 0 saturated heterocycles. The van der Waals surface area contributed by atoms with Crippen LogP contribution >= 0.6 is 0 Å². The van der Waals surface area contributed by atoms with Gasteiger partial charge < -0.3 is 30.4 Å². The average Bonchev–Trinajstić information content (AvgIpc) is 3.56. The van der Waals surface area contributed by atoms with Crippen molar-refractivity contribution < 1.29 is 44.0 Å². The number of allylic oxidation sites excluding steroid dienone is 1. The van der Waals surface area contributed by atoms with Gasteiger partial charge in [-0.25, -0.2) is 4.79 Å². The molecule has 7 atom stereocenters. The summed E-state index contributed by atoms with van der Waals surface area (Å²) in [6, 6.07) is 3.42. The molecule has 3 saturated carbocycles. The first-order valence-electron chi connectivity index (χ1n) is 16.7. The fourth-order valence-corrected chi connectivity index (χ4v) is 9.61. The van der Waals surface area contributed by atoms with E-state index in [0.717, 1.165) is 25.7 Å². The Bertz CT molecular complexity index is 1660. The smallest absolute Gasteiger partial charge is 0.326 e. The number of phenols is 1. The molecule has 0 aliphatic heterocycles. The van der Waals surface area contributed by atoms with E-state index in [1.54, 1.807) is 12.3 Å². The summed E-state index contributed by atoms with van der Waals surface area (Å²) in [6.45, 7) is 3.70. The van der Waals surface area contributed by atoms with Gasteiger partial charge in [-0.3, -0.25) is 19.2 Å². The maximum atomic E-state index is 13.5. The monoisotopic (exact) mass is 648 g/mol. The summed E-state index contributed by atoms with van der Waals surface area (Å²) in [4.78, 5) is 65.7. The van der Waals surface area contributed by atoms with Crippen LogP contribution in [-0.4, -0.2) is 68.0 Å². The number of carbonyl (C=O) groups is 5. The number of aliphatic carboxylic acids is 1. The first kappa shape index (κ1) is 32.9. The molecular formula is C36H44N2O9. The number of hydrogen-bond acceptors (Lipinski definition) is 8. The number of aromatic amines is 1. The number of aromatic nitrogens is 1. The molecule has 4 aliphatic rings. The van der Waals surface area contributed by atoms with Gasteiger partial charge in [0.15, 0.2) is 12.4 Å². The van der Waals surface area contributed by atoms with Crippen molar-refractivity contribution in [3.63, 3.8) is 0 Å². The van der Waals surface area contributed by atoms with Gasteiger partial charge in [-0.05, 0) is 98.0 Å². The largest absolute Gasteiger partial charge is 0.508 e. The Morgan fingerprint density at radius 3 is 2.57 bits per heavy atom. The highest BCUT2D eigenvalue weighted by molar-refractivity contribution is 5.93. The van der Waals surface area contributed by atoms with Gasteiger partial charge in [-0.2, -0.15) is 0 Å². The van der Waals surface area contributed by atoms with Gasteiger partial charge in [0.1, 0.15) is 17.4 Å². The number of ether oxygens (including phenoxy) is 1. The Kier molecular flexibility index (Phi) is 8.57. The standard InChI is InChI=1S/C36H44N2O9/c1-34-12-9-23(40)16-21(34)3-5-24-26(34)10-13-35(2)27(24)11-14-36(35,46)30(41)19-47-32(43)8-7-31(42)38-29(33(44)45)15-20-18-37-28-6-4-22(39)17-25(20)28/h4,6,16-18,24,26-27,29,37,39,46H,3,5,7-15,19H2,1-2H3,(H,38,42)(H,44,45)/t24-,26-,27-,29+,34+,35+,36+/m1/s1. The fourth-order valence-electron chi connectivity index (χ4n) is 9.61. The quantitative estimate of drug-likeness (QED) is 0.236. The third-order valence-electron chi connectivity index (χ3n) is 12.3. The number of carbonyl (C=O) groups excluding carboxylic acids is 4. The zero-order valence-electron chi connectivity index (χ0n) is 27.0. The minimum Gasteiger partial charge on any atom is -0.508 e. The van der Waals surface area contributed by atoms with Crippen LogP contribution in [0.2, 0.25) is 0 Å². The number of Topliss-reactive ketones (excluding diaryl/α,β-unsaturated/α-hetero) is 1. The molecule has 0 unspecified atom stereocenters. The third-order valence-corrected chi connectivity index (χ3v) is 12.3. The molecule has 252 valence electrons. The molecule has 5 N–H and O–H groups in total. The van der Waals surface area contributed by atoms with Crippen LogP contribution in [0.5, 0.6) is 5.75 Å². The van der Waals surface area contributed by atoms with Gasteiger partial charge in [0.2, 0.25) is 11.7 Å². The molecule has 2 aromatic rings. The average molecular weight is 649 g/mol. The molecule has 11 nitrogen and oxygen atoms in total. The van der Waals surface area contributed by atoms with E-state index in [-0.39, 0.29) is 42.1 Å². The normalized spacial score (nSPS) is 32.0. The van der Waals surface area contributed by atoms with Crippen molar-refractivity contribution in [2.75, 3.05) is 6.61 Å². The van der Waals surface area contributed by atoms with Gasteiger partial charge in [0.25, 0.3) is 0 Å². The highest BCUT2D eigenvalue weighted by Crippen LogP contribution is 2.67. The number of ketones is 2. The summed E-state index contributed by atoms with van der Waals surface area (Å²) in [5.41, 5.74) is 0.290. The maximum Gasteiger partial charge on any atom is 0.326 e. The predicted molar refractivity (Wildman–Crippen MR) is 170 cm³/mol. The minimum absolute atomic E-state index is 0.0183. The van der Waals surface area contributed by atoms with E-state index >= 15 is 0 Å². The Labute approximate surface area is 273 Å². The molecule has 4 aliphatic carbocycles. The van der Waals surface area contributed by atoms with Gasteiger partial charge in [0.05, 0.1) is 6.42 Å². The summed E-state index contributed by atoms with van der Waals surface area (Å²) in [5.74, 6) is -2.07. The second kappa shape index (κ2) is 12.2. The van der Waals surface area contributed by atoms with E-state index in [1.165, 1.54) is 17.7 Å². The Balaban J connectivity index is 1.01. The molecule has 0 spiro atoms. The first-order valence-corrected chi connectivity index (χ1v) is 16.7. The van der Waals surface area contributed by atoms with E-state index in [9.17, 15) is 39.3 Å². The number of amides is 1. The second-order valence-corrected chi connectivity index (χ2v) is 14.6. The van der Waals surface area contributed by atoms with Crippen molar-refractivity contribution in [2.45, 2.75) is 96.1 Å². The Morgan fingerprint density at radius 1 is 1.04 bits per heavy atom. The number of nitrogens with one attached hydrogen (secondary N) is 2. The Hall–Kier alpha value is -3.99. The zero-order valence-corrected chi connectivity index (χ0v) is 27.0. The first-order chi connectivity index (χ1) is 22.2. The van der Waals surface area contributed by atoms with Crippen LogP contribution in [0, 0.1) is 28.6 Å². The number of aromatic hydroxyl groups is 1.